The predicted molar refractivity (Wildman–Crippen MR) is 80.4 cm³/mol. The SMILES string of the molecule is c1ccc2c(c1)sc1ccc(-c3ccncn3)cc12. The van der Waals surface area contributed by atoms with Gasteiger partial charge in [-0.1, -0.05) is 24.3 Å². The van der Waals surface area contributed by atoms with Crippen molar-refractivity contribution in [1.29, 1.82) is 0 Å². The normalized spacial score (nSPS) is 11.2. The summed E-state index contributed by atoms with van der Waals surface area (Å²) in [5, 5.41) is 2.62. The molecule has 0 atom stereocenters. The van der Waals surface area contributed by atoms with Crippen LogP contribution in [0, 0.1) is 0 Å². The van der Waals surface area contributed by atoms with E-state index in [2.05, 4.69) is 52.4 Å². The Labute approximate surface area is 114 Å². The first-order valence-electron chi connectivity index (χ1n) is 6.09. The zero-order valence-corrected chi connectivity index (χ0v) is 10.9. The molecule has 0 aliphatic heterocycles. The molecule has 19 heavy (non-hydrogen) atoms. The highest BCUT2D eigenvalue weighted by Gasteiger charge is 2.06. The summed E-state index contributed by atoms with van der Waals surface area (Å²) in [6.07, 6.45) is 3.36. The fraction of sp³-hybridized carbons (Fsp3) is 0. The van der Waals surface area contributed by atoms with Crippen LogP contribution >= 0.6 is 11.3 Å². The average molecular weight is 262 g/mol. The average Bonchev–Trinajstić information content (AvgIpc) is 2.86. The smallest absolute Gasteiger partial charge is 0.116 e. The molecule has 2 heterocycles. The Kier molecular flexibility index (Phi) is 2.32. The highest BCUT2D eigenvalue weighted by atomic mass is 32.1. The molecule has 90 valence electrons. The molecule has 0 spiro atoms. The molecule has 0 N–H and O–H groups in total. The highest BCUT2D eigenvalue weighted by molar-refractivity contribution is 7.25. The molecule has 4 aromatic rings. The van der Waals surface area contributed by atoms with Crippen LogP contribution in [0.3, 0.4) is 0 Å². The first-order valence-corrected chi connectivity index (χ1v) is 6.91. The van der Waals surface area contributed by atoms with Crippen molar-refractivity contribution in [1.82, 2.24) is 9.97 Å². The Morgan fingerprint density at radius 2 is 1.74 bits per heavy atom. The Bertz CT molecular complexity index is 866. The van der Waals surface area contributed by atoms with E-state index in [1.165, 1.54) is 20.2 Å². The van der Waals surface area contributed by atoms with Crippen LogP contribution in [-0.4, -0.2) is 9.97 Å². The van der Waals surface area contributed by atoms with Crippen LogP contribution in [0.2, 0.25) is 0 Å². The van der Waals surface area contributed by atoms with Crippen molar-refractivity contribution in [2.45, 2.75) is 0 Å². The van der Waals surface area contributed by atoms with Gasteiger partial charge in [-0.2, -0.15) is 0 Å². The topological polar surface area (TPSA) is 25.8 Å². The van der Waals surface area contributed by atoms with E-state index in [1.807, 2.05) is 17.4 Å². The van der Waals surface area contributed by atoms with Gasteiger partial charge in [0.1, 0.15) is 6.33 Å². The van der Waals surface area contributed by atoms with E-state index >= 15 is 0 Å². The van der Waals surface area contributed by atoms with Gasteiger partial charge in [0.05, 0.1) is 5.69 Å². The van der Waals surface area contributed by atoms with E-state index in [4.69, 9.17) is 0 Å². The fourth-order valence-electron chi connectivity index (χ4n) is 2.35. The summed E-state index contributed by atoms with van der Waals surface area (Å²) in [7, 11) is 0. The zero-order valence-electron chi connectivity index (χ0n) is 10.1. The third-order valence-electron chi connectivity index (χ3n) is 3.25. The molecule has 2 aromatic heterocycles. The maximum Gasteiger partial charge on any atom is 0.116 e. The molecule has 0 aliphatic carbocycles. The first kappa shape index (κ1) is 10.6. The van der Waals surface area contributed by atoms with Gasteiger partial charge in [-0.25, -0.2) is 9.97 Å². The Morgan fingerprint density at radius 3 is 2.63 bits per heavy atom. The second kappa shape index (κ2) is 4.14. The monoisotopic (exact) mass is 262 g/mol. The van der Waals surface area contributed by atoms with Gasteiger partial charge in [-0.15, -0.1) is 11.3 Å². The van der Waals surface area contributed by atoms with Crippen LogP contribution in [0.25, 0.3) is 31.4 Å². The van der Waals surface area contributed by atoms with Crippen LogP contribution in [-0.2, 0) is 0 Å². The standard InChI is InChI=1S/C16H10N2S/c1-2-4-15-12(3-1)13-9-11(5-6-16(13)19-15)14-7-8-17-10-18-14/h1-10H. The van der Waals surface area contributed by atoms with Gasteiger partial charge >= 0.3 is 0 Å². The lowest BCUT2D eigenvalue weighted by Crippen LogP contribution is -1.83. The molecule has 0 amide bonds. The van der Waals surface area contributed by atoms with E-state index in [0.717, 1.165) is 11.3 Å². The summed E-state index contributed by atoms with van der Waals surface area (Å²) < 4.78 is 2.65. The molecule has 3 heteroatoms. The molecule has 0 saturated heterocycles. The molecule has 0 bridgehead atoms. The maximum atomic E-state index is 4.31. The fourth-order valence-corrected chi connectivity index (χ4v) is 3.43. The molecule has 0 radical (unpaired) electrons. The summed E-state index contributed by atoms with van der Waals surface area (Å²) >= 11 is 1.83. The van der Waals surface area contributed by atoms with Crippen molar-refractivity contribution in [3.8, 4) is 11.3 Å². The number of rotatable bonds is 1. The Morgan fingerprint density at radius 1 is 0.842 bits per heavy atom. The van der Waals surface area contributed by atoms with E-state index in [9.17, 15) is 0 Å². The molecule has 0 saturated carbocycles. The third-order valence-corrected chi connectivity index (χ3v) is 4.41. The van der Waals surface area contributed by atoms with E-state index in [1.54, 1.807) is 12.5 Å². The van der Waals surface area contributed by atoms with Gasteiger partial charge in [-0.05, 0) is 24.3 Å². The Hall–Kier alpha value is -2.26. The number of thiophene rings is 1. The minimum Gasteiger partial charge on any atom is -0.245 e. The third kappa shape index (κ3) is 1.71. The molecule has 0 unspecified atom stereocenters. The lowest BCUT2D eigenvalue weighted by molar-refractivity contribution is 1.17. The molecule has 0 aliphatic rings. The molecule has 0 fully saturated rings. The van der Waals surface area contributed by atoms with Gasteiger partial charge in [0.25, 0.3) is 0 Å². The predicted octanol–water partition coefficient (Wildman–Crippen LogP) is 4.51. The van der Waals surface area contributed by atoms with E-state index in [-0.39, 0.29) is 0 Å². The summed E-state index contributed by atoms with van der Waals surface area (Å²) in [6, 6.07) is 17.0. The quantitative estimate of drug-likeness (QED) is 0.504. The summed E-state index contributed by atoms with van der Waals surface area (Å²) in [5.41, 5.74) is 2.10. The summed E-state index contributed by atoms with van der Waals surface area (Å²) in [6.45, 7) is 0. The van der Waals surface area contributed by atoms with Crippen molar-refractivity contribution in [3.63, 3.8) is 0 Å². The zero-order chi connectivity index (χ0) is 12.7. The lowest BCUT2D eigenvalue weighted by atomic mass is 10.1. The minimum atomic E-state index is 0.965. The van der Waals surface area contributed by atoms with Crippen molar-refractivity contribution in [2.75, 3.05) is 0 Å². The van der Waals surface area contributed by atoms with Crippen molar-refractivity contribution < 1.29 is 0 Å². The molecule has 4 rings (SSSR count). The van der Waals surface area contributed by atoms with Crippen LogP contribution in [0.15, 0.2) is 61.1 Å². The number of hydrogen-bond acceptors (Lipinski definition) is 3. The summed E-state index contributed by atoms with van der Waals surface area (Å²) in [4.78, 5) is 8.28. The van der Waals surface area contributed by atoms with Gasteiger partial charge in [0, 0.05) is 31.9 Å². The van der Waals surface area contributed by atoms with Gasteiger partial charge in [0.2, 0.25) is 0 Å². The largest absolute Gasteiger partial charge is 0.245 e. The number of benzene rings is 2. The van der Waals surface area contributed by atoms with Gasteiger partial charge < -0.3 is 0 Å². The number of hydrogen-bond donors (Lipinski definition) is 0. The van der Waals surface area contributed by atoms with E-state index in [0.29, 0.717) is 0 Å². The molecular formula is C16H10N2S. The van der Waals surface area contributed by atoms with Gasteiger partial charge in [-0.3, -0.25) is 0 Å². The van der Waals surface area contributed by atoms with Gasteiger partial charge in [0.15, 0.2) is 0 Å². The van der Waals surface area contributed by atoms with Crippen LogP contribution < -0.4 is 0 Å². The van der Waals surface area contributed by atoms with Crippen molar-refractivity contribution in [2.24, 2.45) is 0 Å². The minimum absolute atomic E-state index is 0.965. The number of fused-ring (bicyclic) bond motifs is 3. The Balaban J connectivity index is 2.03. The maximum absolute atomic E-state index is 4.31. The van der Waals surface area contributed by atoms with Crippen molar-refractivity contribution >= 4 is 31.5 Å². The van der Waals surface area contributed by atoms with Crippen LogP contribution in [0.1, 0.15) is 0 Å². The molecular weight excluding hydrogens is 252 g/mol. The number of nitrogens with zero attached hydrogens (tertiary/aromatic N) is 2. The molecule has 2 aromatic carbocycles. The van der Waals surface area contributed by atoms with Crippen LogP contribution in [0.4, 0.5) is 0 Å². The van der Waals surface area contributed by atoms with Crippen molar-refractivity contribution in [3.05, 3.63) is 61.1 Å². The summed E-state index contributed by atoms with van der Waals surface area (Å²) in [5.74, 6) is 0. The second-order valence-electron chi connectivity index (χ2n) is 4.40. The lowest BCUT2D eigenvalue weighted by Gasteiger charge is -2.00. The van der Waals surface area contributed by atoms with Crippen LogP contribution in [0.5, 0.6) is 0 Å². The molecule has 2 nitrogen and oxygen atoms in total. The second-order valence-corrected chi connectivity index (χ2v) is 5.49. The highest BCUT2D eigenvalue weighted by Crippen LogP contribution is 2.35. The number of aromatic nitrogens is 2. The van der Waals surface area contributed by atoms with E-state index < -0.39 is 0 Å². The first-order chi connectivity index (χ1) is 9.42.